The van der Waals surface area contributed by atoms with Crippen molar-refractivity contribution in [2.24, 2.45) is 5.92 Å². The van der Waals surface area contributed by atoms with Gasteiger partial charge in [0.25, 0.3) is 5.91 Å². The molecule has 2 aliphatic heterocycles. The third-order valence-corrected chi connectivity index (χ3v) is 4.89. The van der Waals surface area contributed by atoms with E-state index in [0.717, 1.165) is 12.8 Å². The standard InChI is InChI=1S/C19H24N2O5/c1-13(18(23)20-9-5-6-10-20)26-19(24)14-11-17(22)21(12-14)15-7-3-4-8-16(15)25-2/h3-4,7-8,13-14H,5-6,9-12H2,1-2H3/t13-,14-/m1/s1. The first-order valence-electron chi connectivity index (χ1n) is 8.94. The number of ether oxygens (including phenoxy) is 2. The second-order valence-corrected chi connectivity index (χ2v) is 6.69. The topological polar surface area (TPSA) is 76.2 Å². The Hall–Kier alpha value is -2.57. The van der Waals surface area contributed by atoms with Crippen molar-refractivity contribution in [3.8, 4) is 5.75 Å². The molecule has 0 saturated carbocycles. The van der Waals surface area contributed by atoms with E-state index in [1.54, 1.807) is 24.0 Å². The molecule has 2 aliphatic rings. The van der Waals surface area contributed by atoms with E-state index in [1.807, 2.05) is 12.1 Å². The minimum atomic E-state index is -0.823. The molecule has 140 valence electrons. The first-order chi connectivity index (χ1) is 12.5. The van der Waals surface area contributed by atoms with E-state index in [1.165, 1.54) is 12.0 Å². The fraction of sp³-hybridized carbons (Fsp3) is 0.526. The van der Waals surface area contributed by atoms with Crippen molar-refractivity contribution in [1.82, 2.24) is 4.90 Å². The number of esters is 1. The molecule has 1 aromatic rings. The third kappa shape index (κ3) is 3.66. The Morgan fingerprint density at radius 3 is 2.58 bits per heavy atom. The van der Waals surface area contributed by atoms with Crippen molar-refractivity contribution >= 4 is 23.5 Å². The smallest absolute Gasteiger partial charge is 0.312 e. The maximum atomic E-state index is 12.4. The molecular weight excluding hydrogens is 336 g/mol. The van der Waals surface area contributed by atoms with Gasteiger partial charge in [-0.2, -0.15) is 0 Å². The second kappa shape index (κ2) is 7.76. The number of hydrogen-bond donors (Lipinski definition) is 0. The van der Waals surface area contributed by atoms with Crippen LogP contribution in [0.25, 0.3) is 0 Å². The van der Waals surface area contributed by atoms with Gasteiger partial charge in [-0.15, -0.1) is 0 Å². The molecular formula is C19H24N2O5. The molecule has 2 amide bonds. The Kier molecular flexibility index (Phi) is 5.44. The van der Waals surface area contributed by atoms with Crippen molar-refractivity contribution in [1.29, 1.82) is 0 Å². The SMILES string of the molecule is COc1ccccc1N1C[C@H](C(=O)O[C@H](C)C(=O)N2CCCC2)CC1=O. The number of carbonyl (C=O) groups excluding carboxylic acids is 3. The normalized spacial score (nSPS) is 21.0. The van der Waals surface area contributed by atoms with Gasteiger partial charge in [0.05, 0.1) is 18.7 Å². The predicted molar refractivity (Wildman–Crippen MR) is 94.8 cm³/mol. The number of methoxy groups -OCH3 is 1. The maximum absolute atomic E-state index is 12.4. The molecule has 0 N–H and O–H groups in total. The van der Waals surface area contributed by atoms with Crippen molar-refractivity contribution < 1.29 is 23.9 Å². The van der Waals surface area contributed by atoms with Crippen LogP contribution in [0.3, 0.4) is 0 Å². The lowest BCUT2D eigenvalue weighted by Crippen LogP contribution is -2.39. The minimum Gasteiger partial charge on any atom is -0.495 e. The Bertz CT molecular complexity index is 699. The van der Waals surface area contributed by atoms with Gasteiger partial charge in [0.2, 0.25) is 5.91 Å². The van der Waals surface area contributed by atoms with Gasteiger partial charge in [0.15, 0.2) is 6.10 Å². The van der Waals surface area contributed by atoms with Crippen LogP contribution in [0, 0.1) is 5.92 Å². The van der Waals surface area contributed by atoms with Crippen LogP contribution in [0.15, 0.2) is 24.3 Å². The molecule has 0 aliphatic carbocycles. The fourth-order valence-corrected chi connectivity index (χ4v) is 3.47. The van der Waals surface area contributed by atoms with E-state index >= 15 is 0 Å². The average molecular weight is 360 g/mol. The molecule has 0 unspecified atom stereocenters. The highest BCUT2D eigenvalue weighted by Gasteiger charge is 2.38. The van der Waals surface area contributed by atoms with Gasteiger partial charge in [0, 0.05) is 26.1 Å². The van der Waals surface area contributed by atoms with Crippen LogP contribution < -0.4 is 9.64 Å². The number of benzene rings is 1. The third-order valence-electron chi connectivity index (χ3n) is 4.89. The summed E-state index contributed by atoms with van der Waals surface area (Å²) in [7, 11) is 1.54. The van der Waals surface area contributed by atoms with Crippen molar-refractivity contribution in [2.75, 3.05) is 31.6 Å². The van der Waals surface area contributed by atoms with Crippen LogP contribution in [0.1, 0.15) is 26.2 Å². The molecule has 1 aromatic carbocycles. The Balaban J connectivity index is 1.62. The second-order valence-electron chi connectivity index (χ2n) is 6.69. The van der Waals surface area contributed by atoms with Crippen molar-refractivity contribution in [3.05, 3.63) is 24.3 Å². The monoisotopic (exact) mass is 360 g/mol. The molecule has 0 aromatic heterocycles. The van der Waals surface area contributed by atoms with Crippen LogP contribution in [-0.2, 0) is 19.1 Å². The van der Waals surface area contributed by atoms with Crippen LogP contribution in [0.5, 0.6) is 5.75 Å². The van der Waals surface area contributed by atoms with Crippen LogP contribution >= 0.6 is 0 Å². The molecule has 7 nitrogen and oxygen atoms in total. The molecule has 0 radical (unpaired) electrons. The molecule has 2 fully saturated rings. The van der Waals surface area contributed by atoms with Crippen molar-refractivity contribution in [2.45, 2.75) is 32.3 Å². The zero-order valence-electron chi connectivity index (χ0n) is 15.1. The highest BCUT2D eigenvalue weighted by atomic mass is 16.5. The largest absolute Gasteiger partial charge is 0.495 e. The van der Waals surface area contributed by atoms with Gasteiger partial charge in [-0.05, 0) is 31.9 Å². The molecule has 7 heteroatoms. The summed E-state index contributed by atoms with van der Waals surface area (Å²) in [5, 5.41) is 0. The number of nitrogens with zero attached hydrogens (tertiary/aromatic N) is 2. The molecule has 2 atom stereocenters. The molecule has 2 saturated heterocycles. The van der Waals surface area contributed by atoms with E-state index in [4.69, 9.17) is 9.47 Å². The lowest BCUT2D eigenvalue weighted by atomic mass is 10.1. The van der Waals surface area contributed by atoms with E-state index in [-0.39, 0.29) is 24.8 Å². The Morgan fingerprint density at radius 1 is 1.19 bits per heavy atom. The fourth-order valence-electron chi connectivity index (χ4n) is 3.47. The summed E-state index contributed by atoms with van der Waals surface area (Å²) in [6.45, 7) is 3.24. The summed E-state index contributed by atoms with van der Waals surface area (Å²) >= 11 is 0. The molecule has 0 bridgehead atoms. The number of para-hydroxylation sites is 2. The summed E-state index contributed by atoms with van der Waals surface area (Å²) in [4.78, 5) is 40.4. The first kappa shape index (κ1) is 18.2. The number of rotatable bonds is 5. The van der Waals surface area contributed by atoms with Gasteiger partial charge >= 0.3 is 5.97 Å². The van der Waals surface area contributed by atoms with E-state index in [9.17, 15) is 14.4 Å². The number of likely N-dealkylation sites (tertiary alicyclic amines) is 1. The van der Waals surface area contributed by atoms with Gasteiger partial charge in [-0.1, -0.05) is 12.1 Å². The van der Waals surface area contributed by atoms with Gasteiger partial charge < -0.3 is 19.3 Å². The highest BCUT2D eigenvalue weighted by molar-refractivity contribution is 6.00. The predicted octanol–water partition coefficient (Wildman–Crippen LogP) is 1.60. The summed E-state index contributed by atoms with van der Waals surface area (Å²) in [6.07, 6.45) is 1.21. The number of hydrogen-bond acceptors (Lipinski definition) is 5. The Labute approximate surface area is 152 Å². The summed E-state index contributed by atoms with van der Waals surface area (Å²) in [5.74, 6) is -0.832. The maximum Gasteiger partial charge on any atom is 0.312 e. The molecule has 0 spiro atoms. The summed E-state index contributed by atoms with van der Waals surface area (Å²) in [6, 6.07) is 7.18. The quantitative estimate of drug-likeness (QED) is 0.746. The average Bonchev–Trinajstić information content (AvgIpc) is 3.30. The van der Waals surface area contributed by atoms with Gasteiger partial charge in [-0.25, -0.2) is 0 Å². The minimum absolute atomic E-state index is 0.0709. The highest BCUT2D eigenvalue weighted by Crippen LogP contribution is 2.33. The lowest BCUT2D eigenvalue weighted by Gasteiger charge is -2.22. The van der Waals surface area contributed by atoms with E-state index in [2.05, 4.69) is 0 Å². The van der Waals surface area contributed by atoms with E-state index in [0.29, 0.717) is 24.5 Å². The lowest BCUT2D eigenvalue weighted by molar-refractivity contribution is -0.161. The van der Waals surface area contributed by atoms with Crippen LogP contribution in [0.4, 0.5) is 5.69 Å². The van der Waals surface area contributed by atoms with Crippen LogP contribution in [-0.4, -0.2) is 55.5 Å². The zero-order valence-corrected chi connectivity index (χ0v) is 15.1. The first-order valence-corrected chi connectivity index (χ1v) is 8.94. The number of carbonyl (C=O) groups is 3. The molecule has 2 heterocycles. The van der Waals surface area contributed by atoms with Crippen LogP contribution in [0.2, 0.25) is 0 Å². The summed E-state index contributed by atoms with van der Waals surface area (Å²) in [5.41, 5.74) is 0.636. The molecule has 26 heavy (non-hydrogen) atoms. The van der Waals surface area contributed by atoms with E-state index < -0.39 is 18.0 Å². The summed E-state index contributed by atoms with van der Waals surface area (Å²) < 4.78 is 10.7. The number of anilines is 1. The zero-order chi connectivity index (χ0) is 18.7. The van der Waals surface area contributed by atoms with Gasteiger partial charge in [-0.3, -0.25) is 14.4 Å². The molecule has 3 rings (SSSR count). The van der Waals surface area contributed by atoms with Gasteiger partial charge in [0.1, 0.15) is 5.75 Å². The van der Waals surface area contributed by atoms with Crippen molar-refractivity contribution in [3.63, 3.8) is 0 Å². The Morgan fingerprint density at radius 2 is 1.88 bits per heavy atom. The number of amides is 2.